The van der Waals surface area contributed by atoms with Crippen molar-refractivity contribution in [3.63, 3.8) is 0 Å². The third-order valence-corrected chi connectivity index (χ3v) is 3.24. The quantitative estimate of drug-likeness (QED) is 0.578. The first-order chi connectivity index (χ1) is 9.54. The predicted molar refractivity (Wildman–Crippen MR) is 60.4 cm³/mol. The van der Waals surface area contributed by atoms with E-state index in [1.807, 2.05) is 0 Å². The summed E-state index contributed by atoms with van der Waals surface area (Å²) in [5, 5.41) is 29.8. The molecule has 1 aromatic heterocycles. The van der Waals surface area contributed by atoms with E-state index in [2.05, 4.69) is 0 Å². The van der Waals surface area contributed by atoms with Crippen molar-refractivity contribution in [2.75, 3.05) is 6.61 Å². The van der Waals surface area contributed by atoms with Gasteiger partial charge in [0.05, 0.1) is 18.8 Å². The zero-order valence-electron chi connectivity index (χ0n) is 10.2. The van der Waals surface area contributed by atoms with Gasteiger partial charge in [-0.15, -0.1) is 0 Å². The second-order valence-electron chi connectivity index (χ2n) is 4.63. The molecular weight excluding hydrogens is 274 g/mol. The van der Waals surface area contributed by atoms with Gasteiger partial charge in [0.15, 0.2) is 12.1 Å². The van der Waals surface area contributed by atoms with Gasteiger partial charge in [0.1, 0.15) is 17.1 Å². The Balaban J connectivity index is 1.72. The van der Waals surface area contributed by atoms with Crippen molar-refractivity contribution < 1.29 is 33.8 Å². The van der Waals surface area contributed by atoms with Crippen LogP contribution in [-0.4, -0.2) is 46.3 Å². The van der Waals surface area contributed by atoms with Crippen LogP contribution in [-0.2, 0) is 14.2 Å². The number of nitro groups is 1. The summed E-state index contributed by atoms with van der Waals surface area (Å²) >= 11 is 0. The molecule has 2 N–H and O–H groups in total. The van der Waals surface area contributed by atoms with Crippen LogP contribution in [0, 0.1) is 10.1 Å². The molecule has 9 heteroatoms. The minimum absolute atomic E-state index is 0.0339. The van der Waals surface area contributed by atoms with Crippen LogP contribution in [0.25, 0.3) is 0 Å². The summed E-state index contributed by atoms with van der Waals surface area (Å²) in [7, 11) is 0. The predicted octanol–water partition coefficient (Wildman–Crippen LogP) is 0.0700. The molecule has 0 amide bonds. The van der Waals surface area contributed by atoms with Crippen molar-refractivity contribution in [1.29, 1.82) is 0 Å². The molecule has 2 saturated heterocycles. The zero-order valence-corrected chi connectivity index (χ0v) is 10.2. The maximum Gasteiger partial charge on any atom is 0.433 e. The summed E-state index contributed by atoms with van der Waals surface area (Å²) in [6.45, 7) is 0.0813. The Morgan fingerprint density at radius 1 is 1.30 bits per heavy atom. The summed E-state index contributed by atoms with van der Waals surface area (Å²) in [4.78, 5) is 9.89. The molecule has 2 unspecified atom stereocenters. The van der Waals surface area contributed by atoms with Crippen LogP contribution in [0.2, 0.25) is 0 Å². The van der Waals surface area contributed by atoms with Crippen LogP contribution in [0.5, 0.6) is 0 Å². The molecule has 3 rings (SSSR count). The summed E-state index contributed by atoms with van der Waals surface area (Å²) in [6, 6.07) is 2.58. The summed E-state index contributed by atoms with van der Waals surface area (Å²) in [5.74, 6) is -0.265. The number of nitrogens with zero attached hydrogens (tertiary/aromatic N) is 1. The molecule has 0 spiro atoms. The van der Waals surface area contributed by atoms with E-state index in [1.54, 1.807) is 0 Å². The van der Waals surface area contributed by atoms with Gasteiger partial charge in [-0.1, -0.05) is 0 Å². The Hall–Kier alpha value is -1.52. The van der Waals surface area contributed by atoms with Crippen molar-refractivity contribution in [1.82, 2.24) is 0 Å². The van der Waals surface area contributed by atoms with Gasteiger partial charge in [-0.25, -0.2) is 0 Å². The van der Waals surface area contributed by atoms with Gasteiger partial charge in [-0.2, -0.15) is 0 Å². The fourth-order valence-corrected chi connectivity index (χ4v) is 2.32. The number of aliphatic hydroxyl groups is 2. The lowest BCUT2D eigenvalue weighted by molar-refractivity contribution is -0.403. The van der Waals surface area contributed by atoms with Crippen molar-refractivity contribution in [3.8, 4) is 0 Å². The second kappa shape index (κ2) is 5.11. The van der Waals surface area contributed by atoms with Gasteiger partial charge in [0.25, 0.3) is 0 Å². The molecule has 2 fully saturated rings. The first-order valence-electron chi connectivity index (χ1n) is 6.07. The maximum absolute atomic E-state index is 10.6. The number of aliphatic hydroxyl groups excluding tert-OH is 2. The number of ether oxygens (including phenoxy) is 3. The Labute approximate surface area is 112 Å². The van der Waals surface area contributed by atoms with Crippen LogP contribution in [0.1, 0.15) is 18.5 Å². The lowest BCUT2D eigenvalue weighted by Gasteiger charge is -2.42. The van der Waals surface area contributed by atoms with Crippen LogP contribution in [0.4, 0.5) is 5.88 Å². The lowest BCUT2D eigenvalue weighted by atomic mass is 10.0. The molecule has 0 saturated carbocycles. The Bertz CT molecular complexity index is 502. The first kappa shape index (κ1) is 13.5. The third kappa shape index (κ3) is 2.41. The molecule has 2 aliphatic rings. The van der Waals surface area contributed by atoms with Gasteiger partial charge in [-0.05, 0) is 6.07 Å². The summed E-state index contributed by atoms with van der Waals surface area (Å²) in [5.41, 5.74) is 0. The molecule has 20 heavy (non-hydrogen) atoms. The normalized spacial score (nSPS) is 37.4. The van der Waals surface area contributed by atoms with E-state index >= 15 is 0 Å². The molecule has 3 heterocycles. The van der Waals surface area contributed by atoms with Gasteiger partial charge < -0.3 is 28.8 Å². The molecule has 2 aliphatic heterocycles. The minimum Gasteiger partial charge on any atom is -0.400 e. The van der Waals surface area contributed by atoms with E-state index in [1.165, 1.54) is 12.1 Å². The molecule has 0 bridgehead atoms. The van der Waals surface area contributed by atoms with Gasteiger partial charge in [-0.3, -0.25) is 10.1 Å². The van der Waals surface area contributed by atoms with Crippen molar-refractivity contribution in [2.45, 2.75) is 37.3 Å². The Kier molecular flexibility index (Phi) is 3.44. The summed E-state index contributed by atoms with van der Waals surface area (Å²) < 4.78 is 21.0. The number of hydrogen-bond acceptors (Lipinski definition) is 8. The fourth-order valence-electron chi connectivity index (χ4n) is 2.32. The highest BCUT2D eigenvalue weighted by Gasteiger charge is 2.44. The highest BCUT2D eigenvalue weighted by atomic mass is 16.7. The minimum atomic E-state index is -1.06. The van der Waals surface area contributed by atoms with Crippen LogP contribution >= 0.6 is 0 Å². The maximum atomic E-state index is 10.6. The van der Waals surface area contributed by atoms with E-state index in [0.717, 1.165) is 0 Å². The topological polar surface area (TPSA) is 124 Å². The van der Waals surface area contributed by atoms with E-state index < -0.39 is 41.7 Å². The molecule has 9 nitrogen and oxygen atoms in total. The Morgan fingerprint density at radius 3 is 2.80 bits per heavy atom. The Morgan fingerprint density at radius 2 is 2.10 bits per heavy atom. The van der Waals surface area contributed by atoms with E-state index in [9.17, 15) is 20.3 Å². The number of fused-ring (bicyclic) bond motifs is 1. The van der Waals surface area contributed by atoms with Crippen molar-refractivity contribution >= 4 is 5.88 Å². The first-order valence-corrected chi connectivity index (χ1v) is 6.07. The van der Waals surface area contributed by atoms with E-state index in [4.69, 9.17) is 18.6 Å². The molecule has 5 atom stereocenters. The average Bonchev–Trinajstić information content (AvgIpc) is 2.88. The number of furan rings is 1. The van der Waals surface area contributed by atoms with E-state index in [0.29, 0.717) is 0 Å². The molecule has 110 valence electrons. The fraction of sp³-hybridized carbons (Fsp3) is 0.636. The zero-order chi connectivity index (χ0) is 14.3. The van der Waals surface area contributed by atoms with Crippen LogP contribution < -0.4 is 0 Å². The largest absolute Gasteiger partial charge is 0.433 e. The SMILES string of the molecule is O=[N+]([O-])c1ccc(C2OC[C@H]3OC(O)C[C@H](O)[C@H]3O2)o1. The van der Waals surface area contributed by atoms with Crippen LogP contribution in [0.15, 0.2) is 16.5 Å². The average molecular weight is 287 g/mol. The standard InChI is InChI=1S/C11H13NO8/c13-5-3-9(14)19-7-4-17-11(20-10(5)7)6-1-2-8(18-6)12(15)16/h1-2,5,7,9-11,13-14H,3-4H2/t5-,7+,9?,10+,11?/m0/s1. The smallest absolute Gasteiger partial charge is 0.400 e. The van der Waals surface area contributed by atoms with Gasteiger partial charge in [0.2, 0.25) is 6.29 Å². The molecular formula is C11H13NO8. The third-order valence-electron chi connectivity index (χ3n) is 3.24. The molecule has 0 radical (unpaired) electrons. The summed E-state index contributed by atoms with van der Waals surface area (Å²) in [6.07, 6.45) is -4.14. The number of hydrogen-bond donors (Lipinski definition) is 2. The lowest BCUT2D eigenvalue weighted by Crippen LogP contribution is -2.54. The molecule has 1 aromatic rings. The molecule has 0 aromatic carbocycles. The number of rotatable bonds is 2. The van der Waals surface area contributed by atoms with E-state index in [-0.39, 0.29) is 18.8 Å². The second-order valence-corrected chi connectivity index (χ2v) is 4.63. The van der Waals surface area contributed by atoms with Gasteiger partial charge >= 0.3 is 5.88 Å². The highest BCUT2D eigenvalue weighted by molar-refractivity contribution is 5.18. The van der Waals surface area contributed by atoms with Crippen LogP contribution in [0.3, 0.4) is 0 Å². The molecule has 0 aliphatic carbocycles. The monoisotopic (exact) mass is 287 g/mol. The van der Waals surface area contributed by atoms with Crippen molar-refractivity contribution in [3.05, 3.63) is 28.0 Å². The highest BCUT2D eigenvalue weighted by Crippen LogP contribution is 2.34. The van der Waals surface area contributed by atoms with Crippen molar-refractivity contribution in [2.24, 2.45) is 0 Å². The van der Waals surface area contributed by atoms with Gasteiger partial charge in [0, 0.05) is 6.42 Å².